The van der Waals surface area contributed by atoms with Crippen molar-refractivity contribution in [3.05, 3.63) is 0 Å². The number of aliphatic hydroxyl groups is 1. The number of carbonyl (C=O) groups is 5. The molecular formula is C19H34N4O8S. The van der Waals surface area contributed by atoms with Gasteiger partial charge in [-0.15, -0.1) is 0 Å². The third kappa shape index (κ3) is 10.8. The van der Waals surface area contributed by atoms with Crippen molar-refractivity contribution >= 4 is 41.4 Å². The lowest BCUT2D eigenvalue weighted by molar-refractivity contribution is -0.144. The number of carbonyl (C=O) groups excluding carboxylic acids is 3. The number of thioether (sulfide) groups is 1. The van der Waals surface area contributed by atoms with Gasteiger partial charge in [-0.1, -0.05) is 13.8 Å². The summed E-state index contributed by atoms with van der Waals surface area (Å²) in [5.41, 5.74) is 5.82. The predicted octanol–water partition coefficient (Wildman–Crippen LogP) is -1.49. The molecule has 0 aromatic heterocycles. The van der Waals surface area contributed by atoms with Gasteiger partial charge in [0.05, 0.1) is 12.1 Å². The molecule has 0 saturated carbocycles. The van der Waals surface area contributed by atoms with Crippen LogP contribution in [-0.2, 0) is 24.0 Å². The number of aliphatic carboxylic acids is 2. The standard InChI is InChI=1S/C19H34N4O8S/c1-9(2)14(22-16(27)11(20)7-8-32-4)17(28)23-15(10(3)24)18(29)21-12(19(30)31)5-6-13(25)26/h9-12,14-15,24H,5-8,20H2,1-4H3,(H,21,29)(H,22,27)(H,23,28)(H,25,26)(H,30,31). The second-order valence-corrected chi connectivity index (χ2v) is 8.66. The van der Waals surface area contributed by atoms with Crippen LogP contribution in [0.4, 0.5) is 0 Å². The third-order valence-corrected chi connectivity index (χ3v) is 5.18. The SMILES string of the molecule is CSCCC(N)C(=O)NC(C(=O)NC(C(=O)NC(CCC(=O)O)C(=O)O)C(C)O)C(C)C. The van der Waals surface area contributed by atoms with E-state index in [-0.39, 0.29) is 12.3 Å². The lowest BCUT2D eigenvalue weighted by Crippen LogP contribution is -2.60. The Morgan fingerprint density at radius 3 is 1.84 bits per heavy atom. The normalized spacial score (nSPS) is 15.7. The van der Waals surface area contributed by atoms with E-state index in [1.165, 1.54) is 18.7 Å². The molecule has 0 aliphatic rings. The van der Waals surface area contributed by atoms with E-state index in [1.54, 1.807) is 13.8 Å². The van der Waals surface area contributed by atoms with E-state index < -0.39 is 66.4 Å². The Morgan fingerprint density at radius 2 is 1.41 bits per heavy atom. The van der Waals surface area contributed by atoms with Crippen LogP contribution < -0.4 is 21.7 Å². The van der Waals surface area contributed by atoms with Gasteiger partial charge in [-0.05, 0) is 37.7 Å². The molecule has 32 heavy (non-hydrogen) atoms. The zero-order chi connectivity index (χ0) is 25.0. The van der Waals surface area contributed by atoms with Crippen molar-refractivity contribution in [1.29, 1.82) is 0 Å². The van der Waals surface area contributed by atoms with Crippen LogP contribution in [0.5, 0.6) is 0 Å². The highest BCUT2D eigenvalue weighted by Gasteiger charge is 2.33. The van der Waals surface area contributed by atoms with Gasteiger partial charge in [0.25, 0.3) is 0 Å². The predicted molar refractivity (Wildman–Crippen MR) is 118 cm³/mol. The van der Waals surface area contributed by atoms with E-state index in [2.05, 4.69) is 16.0 Å². The quantitative estimate of drug-likeness (QED) is 0.145. The molecule has 0 radical (unpaired) electrons. The Labute approximate surface area is 191 Å². The first-order valence-corrected chi connectivity index (χ1v) is 11.5. The molecule has 0 saturated heterocycles. The summed E-state index contributed by atoms with van der Waals surface area (Å²) in [4.78, 5) is 59.6. The van der Waals surface area contributed by atoms with E-state index in [0.29, 0.717) is 12.2 Å². The van der Waals surface area contributed by atoms with Gasteiger partial charge < -0.3 is 37.0 Å². The molecule has 13 heteroatoms. The zero-order valence-corrected chi connectivity index (χ0v) is 19.5. The molecule has 0 aromatic carbocycles. The van der Waals surface area contributed by atoms with E-state index in [9.17, 15) is 34.2 Å². The zero-order valence-electron chi connectivity index (χ0n) is 18.7. The van der Waals surface area contributed by atoms with Crippen LogP contribution >= 0.6 is 11.8 Å². The molecule has 0 aromatic rings. The fourth-order valence-corrected chi connectivity index (χ4v) is 3.10. The van der Waals surface area contributed by atoms with Gasteiger partial charge in [0.15, 0.2) is 0 Å². The molecule has 12 nitrogen and oxygen atoms in total. The molecule has 184 valence electrons. The van der Waals surface area contributed by atoms with Crippen molar-refractivity contribution in [3.63, 3.8) is 0 Å². The van der Waals surface area contributed by atoms with E-state index >= 15 is 0 Å². The molecule has 0 spiro atoms. The van der Waals surface area contributed by atoms with Crippen LogP contribution in [0.1, 0.15) is 40.0 Å². The Balaban J connectivity index is 5.30. The maximum atomic E-state index is 12.8. The van der Waals surface area contributed by atoms with Gasteiger partial charge in [0.2, 0.25) is 17.7 Å². The average Bonchev–Trinajstić information content (AvgIpc) is 2.69. The monoisotopic (exact) mass is 478 g/mol. The number of nitrogens with one attached hydrogen (secondary N) is 3. The van der Waals surface area contributed by atoms with E-state index in [1.807, 2.05) is 6.26 Å². The second-order valence-electron chi connectivity index (χ2n) is 7.68. The van der Waals surface area contributed by atoms with Crippen LogP contribution in [0.15, 0.2) is 0 Å². The van der Waals surface area contributed by atoms with E-state index in [0.717, 1.165) is 0 Å². The van der Waals surface area contributed by atoms with Crippen molar-refractivity contribution in [1.82, 2.24) is 16.0 Å². The summed E-state index contributed by atoms with van der Waals surface area (Å²) in [7, 11) is 0. The van der Waals surface area contributed by atoms with Gasteiger partial charge in [0, 0.05) is 6.42 Å². The largest absolute Gasteiger partial charge is 0.481 e. The third-order valence-electron chi connectivity index (χ3n) is 4.54. The van der Waals surface area contributed by atoms with Crippen molar-refractivity contribution in [2.75, 3.05) is 12.0 Å². The minimum atomic E-state index is -1.53. The molecular weight excluding hydrogens is 444 g/mol. The summed E-state index contributed by atoms with van der Waals surface area (Å²) < 4.78 is 0. The lowest BCUT2D eigenvalue weighted by atomic mass is 10.0. The number of aliphatic hydroxyl groups excluding tert-OH is 1. The van der Waals surface area contributed by atoms with Gasteiger partial charge in [0.1, 0.15) is 18.1 Å². The smallest absolute Gasteiger partial charge is 0.326 e. The van der Waals surface area contributed by atoms with Crippen LogP contribution in [0.2, 0.25) is 0 Å². The lowest BCUT2D eigenvalue weighted by Gasteiger charge is -2.28. The van der Waals surface area contributed by atoms with Crippen LogP contribution in [0.25, 0.3) is 0 Å². The topological polar surface area (TPSA) is 208 Å². The number of hydrogen-bond donors (Lipinski definition) is 7. The average molecular weight is 479 g/mol. The number of hydrogen-bond acceptors (Lipinski definition) is 8. The van der Waals surface area contributed by atoms with Crippen molar-refractivity contribution < 1.29 is 39.3 Å². The van der Waals surface area contributed by atoms with Gasteiger partial charge in [-0.25, -0.2) is 4.79 Å². The van der Waals surface area contributed by atoms with Gasteiger partial charge in [-0.2, -0.15) is 11.8 Å². The van der Waals surface area contributed by atoms with E-state index in [4.69, 9.17) is 10.8 Å². The number of carboxylic acids is 2. The molecule has 5 unspecified atom stereocenters. The van der Waals surface area contributed by atoms with Crippen molar-refractivity contribution in [3.8, 4) is 0 Å². The number of carboxylic acid groups (broad SMARTS) is 2. The maximum Gasteiger partial charge on any atom is 0.326 e. The minimum Gasteiger partial charge on any atom is -0.481 e. The fourth-order valence-electron chi connectivity index (χ4n) is 2.61. The Morgan fingerprint density at radius 1 is 0.875 bits per heavy atom. The van der Waals surface area contributed by atoms with Crippen LogP contribution in [-0.4, -0.2) is 87.3 Å². The summed E-state index contributed by atoms with van der Waals surface area (Å²) in [5, 5.41) is 34.9. The van der Waals surface area contributed by atoms with Gasteiger partial charge in [-0.3, -0.25) is 19.2 Å². The number of rotatable bonds is 15. The summed E-state index contributed by atoms with van der Waals surface area (Å²) in [5.74, 6) is -4.72. The molecule has 0 heterocycles. The molecule has 3 amide bonds. The highest BCUT2D eigenvalue weighted by atomic mass is 32.2. The number of nitrogens with two attached hydrogens (primary N) is 1. The first kappa shape index (κ1) is 29.6. The molecule has 0 rings (SSSR count). The Bertz CT molecular complexity index is 674. The molecule has 0 aliphatic heterocycles. The van der Waals surface area contributed by atoms with Crippen LogP contribution in [0.3, 0.4) is 0 Å². The summed E-state index contributed by atoms with van der Waals surface area (Å²) in [6.45, 7) is 4.56. The summed E-state index contributed by atoms with van der Waals surface area (Å²) >= 11 is 1.52. The highest BCUT2D eigenvalue weighted by molar-refractivity contribution is 7.98. The summed E-state index contributed by atoms with van der Waals surface area (Å²) in [6.07, 6.45) is -0.00518. The minimum absolute atomic E-state index is 0.379. The molecule has 0 fully saturated rings. The Kier molecular flexibility index (Phi) is 13.5. The van der Waals surface area contributed by atoms with Crippen molar-refractivity contribution in [2.45, 2.75) is 70.3 Å². The fraction of sp³-hybridized carbons (Fsp3) is 0.737. The van der Waals surface area contributed by atoms with Crippen LogP contribution in [0, 0.1) is 5.92 Å². The molecule has 8 N–H and O–H groups in total. The highest BCUT2D eigenvalue weighted by Crippen LogP contribution is 2.07. The Hall–Kier alpha value is -2.38. The first-order chi connectivity index (χ1) is 14.8. The number of amides is 3. The first-order valence-electron chi connectivity index (χ1n) is 10.1. The van der Waals surface area contributed by atoms with Gasteiger partial charge >= 0.3 is 11.9 Å². The maximum absolute atomic E-state index is 12.8. The molecule has 0 aliphatic carbocycles. The summed E-state index contributed by atoms with van der Waals surface area (Å²) in [6, 6.07) is -4.93. The van der Waals surface area contributed by atoms with Crippen molar-refractivity contribution in [2.24, 2.45) is 11.7 Å². The molecule has 0 bridgehead atoms. The second kappa shape index (κ2) is 14.6. The molecule has 5 atom stereocenters.